The Bertz CT molecular complexity index is 455. The summed E-state index contributed by atoms with van der Waals surface area (Å²) in [5, 5.41) is 11.9. The maximum absolute atomic E-state index is 12.0. The molecule has 1 amide bonds. The van der Waals surface area contributed by atoms with Gasteiger partial charge in [-0.2, -0.15) is 0 Å². The van der Waals surface area contributed by atoms with E-state index in [9.17, 15) is 4.79 Å². The Balaban J connectivity index is 1.93. The number of amides is 1. The van der Waals surface area contributed by atoms with Crippen LogP contribution in [0.4, 0.5) is 0 Å². The van der Waals surface area contributed by atoms with E-state index in [2.05, 4.69) is 21.2 Å². The minimum Gasteiger partial charge on any atom is -0.396 e. The number of aryl methyl sites for hydroxylation is 1. The van der Waals surface area contributed by atoms with Crippen molar-refractivity contribution in [2.45, 2.75) is 26.2 Å². The van der Waals surface area contributed by atoms with Crippen molar-refractivity contribution in [3.05, 3.63) is 33.8 Å². The number of benzene rings is 1. The number of carbonyl (C=O) groups excluding carboxylic acids is 1. The molecule has 1 saturated carbocycles. The third-order valence-electron chi connectivity index (χ3n) is 3.64. The highest BCUT2D eigenvalue weighted by Gasteiger charge is 2.41. The molecule has 1 aromatic carbocycles. The van der Waals surface area contributed by atoms with Crippen LogP contribution >= 0.6 is 15.9 Å². The predicted octanol–water partition coefficient (Wildman–Crippen LogP) is 2.65. The van der Waals surface area contributed by atoms with Gasteiger partial charge in [-0.3, -0.25) is 4.79 Å². The van der Waals surface area contributed by atoms with E-state index in [4.69, 9.17) is 5.11 Å². The second-order valence-corrected chi connectivity index (χ2v) is 5.97. The van der Waals surface area contributed by atoms with Gasteiger partial charge in [0.1, 0.15) is 0 Å². The molecule has 1 fully saturated rings. The summed E-state index contributed by atoms with van der Waals surface area (Å²) in [7, 11) is 0. The number of hydrogen-bond donors (Lipinski definition) is 2. The van der Waals surface area contributed by atoms with Crippen molar-refractivity contribution in [1.29, 1.82) is 0 Å². The Morgan fingerprint density at radius 3 is 2.78 bits per heavy atom. The molecule has 1 aliphatic carbocycles. The summed E-state index contributed by atoms with van der Waals surface area (Å²) in [6.45, 7) is 2.84. The Morgan fingerprint density at radius 1 is 1.50 bits per heavy atom. The Morgan fingerprint density at radius 2 is 2.22 bits per heavy atom. The first-order valence-corrected chi connectivity index (χ1v) is 7.01. The van der Waals surface area contributed by atoms with Crippen molar-refractivity contribution >= 4 is 21.8 Å². The molecule has 0 atom stereocenters. The number of rotatable bonds is 5. The third kappa shape index (κ3) is 3.12. The Hall–Kier alpha value is -0.870. The molecule has 3 nitrogen and oxygen atoms in total. The lowest BCUT2D eigenvalue weighted by molar-refractivity contribution is 0.0940. The fourth-order valence-corrected chi connectivity index (χ4v) is 2.33. The number of hydrogen-bond acceptors (Lipinski definition) is 2. The molecule has 0 unspecified atom stereocenters. The SMILES string of the molecule is Cc1cc(C(=O)NCC2(CCO)CC2)ccc1Br. The average Bonchev–Trinajstić information content (AvgIpc) is 3.11. The first-order valence-electron chi connectivity index (χ1n) is 6.22. The van der Waals surface area contributed by atoms with Gasteiger partial charge in [-0.25, -0.2) is 0 Å². The fourth-order valence-electron chi connectivity index (χ4n) is 2.08. The lowest BCUT2D eigenvalue weighted by Crippen LogP contribution is -2.30. The van der Waals surface area contributed by atoms with E-state index in [0.717, 1.165) is 29.3 Å². The summed E-state index contributed by atoms with van der Waals surface area (Å²) in [5.74, 6) is -0.0326. The van der Waals surface area contributed by atoms with Gasteiger partial charge in [0.05, 0.1) is 0 Å². The normalized spacial score (nSPS) is 16.4. The monoisotopic (exact) mass is 311 g/mol. The zero-order valence-electron chi connectivity index (χ0n) is 10.5. The molecule has 2 rings (SSSR count). The van der Waals surface area contributed by atoms with E-state index >= 15 is 0 Å². The molecule has 0 radical (unpaired) electrons. The molecule has 1 aromatic rings. The summed E-state index contributed by atoms with van der Waals surface area (Å²) >= 11 is 3.42. The van der Waals surface area contributed by atoms with E-state index in [0.29, 0.717) is 12.1 Å². The standard InChI is InChI=1S/C14H18BrNO2/c1-10-8-11(2-3-12(10)15)13(18)16-9-14(4-5-14)6-7-17/h2-3,8,17H,4-7,9H2,1H3,(H,16,18). The lowest BCUT2D eigenvalue weighted by atomic mass is 10.0. The van der Waals surface area contributed by atoms with Crippen LogP contribution in [0.15, 0.2) is 22.7 Å². The molecule has 0 heterocycles. The maximum Gasteiger partial charge on any atom is 0.251 e. The third-order valence-corrected chi connectivity index (χ3v) is 4.53. The predicted molar refractivity (Wildman–Crippen MR) is 74.6 cm³/mol. The van der Waals surface area contributed by atoms with Crippen molar-refractivity contribution in [3.63, 3.8) is 0 Å². The van der Waals surface area contributed by atoms with Crippen LogP contribution in [0, 0.1) is 12.3 Å². The number of aliphatic hydroxyl groups is 1. The highest BCUT2D eigenvalue weighted by Crippen LogP contribution is 2.47. The maximum atomic E-state index is 12.0. The summed E-state index contributed by atoms with van der Waals surface area (Å²) in [6, 6.07) is 5.59. The van der Waals surface area contributed by atoms with Gasteiger partial charge in [-0.15, -0.1) is 0 Å². The molecule has 1 aliphatic rings. The lowest BCUT2D eigenvalue weighted by Gasteiger charge is -2.14. The molecule has 0 bridgehead atoms. The molecule has 4 heteroatoms. The first kappa shape index (κ1) is 13.6. The van der Waals surface area contributed by atoms with Gasteiger partial charge < -0.3 is 10.4 Å². The summed E-state index contributed by atoms with van der Waals surface area (Å²) < 4.78 is 1.01. The summed E-state index contributed by atoms with van der Waals surface area (Å²) in [5.41, 5.74) is 1.91. The highest BCUT2D eigenvalue weighted by atomic mass is 79.9. The van der Waals surface area contributed by atoms with Crippen molar-refractivity contribution < 1.29 is 9.90 Å². The number of nitrogens with one attached hydrogen (secondary N) is 1. The number of aliphatic hydroxyl groups excluding tert-OH is 1. The Kier molecular flexibility index (Phi) is 4.07. The molecule has 0 aliphatic heterocycles. The largest absolute Gasteiger partial charge is 0.396 e. The summed E-state index contributed by atoms with van der Waals surface area (Å²) in [4.78, 5) is 12.0. The van der Waals surface area contributed by atoms with Crippen molar-refractivity contribution in [1.82, 2.24) is 5.32 Å². The van der Waals surface area contributed by atoms with Crippen molar-refractivity contribution in [3.8, 4) is 0 Å². The van der Waals surface area contributed by atoms with Crippen molar-refractivity contribution in [2.24, 2.45) is 5.41 Å². The molecule has 0 aromatic heterocycles. The van der Waals surface area contributed by atoms with Gasteiger partial charge >= 0.3 is 0 Å². The zero-order chi connectivity index (χ0) is 13.2. The average molecular weight is 312 g/mol. The van der Waals surface area contributed by atoms with Crippen molar-refractivity contribution in [2.75, 3.05) is 13.2 Å². The highest BCUT2D eigenvalue weighted by molar-refractivity contribution is 9.10. The molecule has 18 heavy (non-hydrogen) atoms. The van der Waals surface area contributed by atoms with E-state index in [-0.39, 0.29) is 17.9 Å². The molecule has 2 N–H and O–H groups in total. The van der Waals surface area contributed by atoms with Crippen LogP contribution < -0.4 is 5.32 Å². The topological polar surface area (TPSA) is 49.3 Å². The second kappa shape index (κ2) is 5.41. The van der Waals surface area contributed by atoms with Gasteiger partial charge in [-0.05, 0) is 55.4 Å². The van der Waals surface area contributed by atoms with Crippen LogP contribution in [0.3, 0.4) is 0 Å². The second-order valence-electron chi connectivity index (χ2n) is 5.12. The minimum absolute atomic E-state index is 0.0326. The van der Waals surface area contributed by atoms with Gasteiger partial charge in [0.2, 0.25) is 0 Å². The van der Waals surface area contributed by atoms with E-state index in [1.165, 1.54) is 0 Å². The summed E-state index contributed by atoms with van der Waals surface area (Å²) in [6.07, 6.45) is 2.99. The molecule has 98 valence electrons. The van der Waals surface area contributed by atoms with Crippen LogP contribution in [0.1, 0.15) is 35.2 Å². The van der Waals surface area contributed by atoms with E-state index in [1.54, 1.807) is 0 Å². The van der Waals surface area contributed by atoms with Gasteiger partial charge in [0, 0.05) is 23.2 Å². The fraction of sp³-hybridized carbons (Fsp3) is 0.500. The van der Waals surface area contributed by atoms with Crippen LogP contribution in [0.5, 0.6) is 0 Å². The Labute approximate surface area is 116 Å². The van der Waals surface area contributed by atoms with Crippen LogP contribution in [-0.4, -0.2) is 24.2 Å². The minimum atomic E-state index is -0.0326. The molecule has 0 spiro atoms. The smallest absolute Gasteiger partial charge is 0.251 e. The zero-order valence-corrected chi connectivity index (χ0v) is 12.1. The van der Waals surface area contributed by atoms with Crippen LogP contribution in [0.25, 0.3) is 0 Å². The number of halogens is 1. The molecule has 0 saturated heterocycles. The van der Waals surface area contributed by atoms with E-state index < -0.39 is 0 Å². The quantitative estimate of drug-likeness (QED) is 0.878. The van der Waals surface area contributed by atoms with Crippen LogP contribution in [0.2, 0.25) is 0 Å². The van der Waals surface area contributed by atoms with Gasteiger partial charge in [0.25, 0.3) is 5.91 Å². The van der Waals surface area contributed by atoms with Gasteiger partial charge in [-0.1, -0.05) is 15.9 Å². The van der Waals surface area contributed by atoms with Gasteiger partial charge in [0.15, 0.2) is 0 Å². The first-order chi connectivity index (χ1) is 8.56. The number of carbonyl (C=O) groups is 1. The molecular formula is C14H18BrNO2. The van der Waals surface area contributed by atoms with E-state index in [1.807, 2.05) is 25.1 Å². The molecular weight excluding hydrogens is 294 g/mol. The van der Waals surface area contributed by atoms with Crippen LogP contribution in [-0.2, 0) is 0 Å².